The largest absolute Gasteiger partial charge is 0.477 e. The highest BCUT2D eigenvalue weighted by molar-refractivity contribution is 5.86. The number of aromatic nitrogens is 1. The summed E-state index contributed by atoms with van der Waals surface area (Å²) in [5, 5.41) is 26.8. The van der Waals surface area contributed by atoms with E-state index in [9.17, 15) is 4.79 Å². The molecule has 1 atom stereocenters. The maximum atomic E-state index is 11.0. The molecule has 0 aliphatic heterocycles. The maximum Gasteiger partial charge on any atom is 0.354 e. The summed E-state index contributed by atoms with van der Waals surface area (Å²) in [5.74, 6) is -0.577. The van der Waals surface area contributed by atoms with Gasteiger partial charge in [-0.2, -0.15) is 10.5 Å². The van der Waals surface area contributed by atoms with Crippen molar-refractivity contribution in [2.75, 3.05) is 0 Å². The fraction of sp³-hybridized carbons (Fsp3) is 0.111. The second-order valence-corrected chi connectivity index (χ2v) is 4.84. The van der Waals surface area contributed by atoms with Gasteiger partial charge in [0.2, 0.25) is 0 Å². The molecular weight excluding hydrogens is 306 g/mol. The Labute approximate surface area is 138 Å². The van der Waals surface area contributed by atoms with E-state index < -0.39 is 12.1 Å². The van der Waals surface area contributed by atoms with Gasteiger partial charge < -0.3 is 9.84 Å². The summed E-state index contributed by atoms with van der Waals surface area (Å²) in [5.41, 5.74) is 1.27. The number of nitriles is 2. The Kier molecular flexibility index (Phi) is 5.28. The standard InChI is InChI=1S/C18H13N3O3/c1-12(10-19)24-15-6-2-13(3-7-15)4-8-16-14(11-20)5-9-17(21-16)18(22)23/h2-9,12H,1H3,(H,22,23)/b8-4+. The molecule has 1 aromatic heterocycles. The molecule has 2 aromatic rings. The van der Waals surface area contributed by atoms with Crippen molar-refractivity contribution in [2.24, 2.45) is 0 Å². The molecule has 0 aliphatic rings. The molecule has 6 heteroatoms. The van der Waals surface area contributed by atoms with Crippen LogP contribution in [0, 0.1) is 22.7 Å². The van der Waals surface area contributed by atoms with E-state index in [1.54, 1.807) is 43.3 Å². The SMILES string of the molecule is CC(C#N)Oc1ccc(/C=C/c2nc(C(=O)O)ccc2C#N)cc1. The maximum absolute atomic E-state index is 11.0. The van der Waals surface area contributed by atoms with Crippen molar-refractivity contribution in [3.63, 3.8) is 0 Å². The average molecular weight is 319 g/mol. The Morgan fingerprint density at radius 2 is 1.92 bits per heavy atom. The predicted molar refractivity (Wildman–Crippen MR) is 87.0 cm³/mol. The molecule has 0 saturated carbocycles. The van der Waals surface area contributed by atoms with Crippen LogP contribution >= 0.6 is 0 Å². The lowest BCUT2D eigenvalue weighted by atomic mass is 10.1. The molecule has 0 radical (unpaired) electrons. The lowest BCUT2D eigenvalue weighted by Crippen LogP contribution is -2.07. The minimum Gasteiger partial charge on any atom is -0.477 e. The quantitative estimate of drug-likeness (QED) is 0.907. The Balaban J connectivity index is 2.22. The number of carboxylic acid groups (broad SMARTS) is 1. The summed E-state index contributed by atoms with van der Waals surface area (Å²) < 4.78 is 5.35. The van der Waals surface area contributed by atoms with Crippen LogP contribution in [0.5, 0.6) is 5.75 Å². The van der Waals surface area contributed by atoms with Crippen molar-refractivity contribution in [3.8, 4) is 17.9 Å². The first-order valence-corrected chi connectivity index (χ1v) is 7.02. The van der Waals surface area contributed by atoms with Gasteiger partial charge in [-0.15, -0.1) is 0 Å². The summed E-state index contributed by atoms with van der Waals surface area (Å²) >= 11 is 0. The molecule has 0 aliphatic carbocycles. The van der Waals surface area contributed by atoms with E-state index in [0.717, 1.165) is 5.56 Å². The van der Waals surface area contributed by atoms with Crippen LogP contribution in [0.2, 0.25) is 0 Å². The predicted octanol–water partition coefficient (Wildman–Crippen LogP) is 3.11. The smallest absolute Gasteiger partial charge is 0.354 e. The lowest BCUT2D eigenvalue weighted by Gasteiger charge is -2.07. The summed E-state index contributed by atoms with van der Waals surface area (Å²) in [4.78, 5) is 14.9. The van der Waals surface area contributed by atoms with Crippen LogP contribution in [0.3, 0.4) is 0 Å². The Morgan fingerprint density at radius 1 is 1.21 bits per heavy atom. The minimum absolute atomic E-state index is 0.122. The molecule has 0 saturated heterocycles. The first-order valence-electron chi connectivity index (χ1n) is 7.02. The first-order chi connectivity index (χ1) is 11.5. The highest BCUT2D eigenvalue weighted by atomic mass is 16.5. The van der Waals surface area contributed by atoms with Crippen molar-refractivity contribution in [1.29, 1.82) is 10.5 Å². The highest BCUT2D eigenvalue weighted by Gasteiger charge is 2.08. The number of benzene rings is 1. The number of hydrogen-bond donors (Lipinski definition) is 1. The zero-order valence-electron chi connectivity index (χ0n) is 12.8. The van der Waals surface area contributed by atoms with Crippen LogP contribution in [0.25, 0.3) is 12.2 Å². The molecular formula is C18H13N3O3. The monoisotopic (exact) mass is 319 g/mol. The number of aromatic carboxylic acids is 1. The zero-order chi connectivity index (χ0) is 17.5. The van der Waals surface area contributed by atoms with Crippen molar-refractivity contribution >= 4 is 18.1 Å². The van der Waals surface area contributed by atoms with Crippen LogP contribution in [0.1, 0.15) is 34.2 Å². The van der Waals surface area contributed by atoms with Crippen LogP contribution in [0.15, 0.2) is 36.4 Å². The number of carboxylic acids is 1. The van der Waals surface area contributed by atoms with Gasteiger partial charge in [0, 0.05) is 0 Å². The van der Waals surface area contributed by atoms with Crippen molar-refractivity contribution in [1.82, 2.24) is 4.98 Å². The van der Waals surface area contributed by atoms with E-state index in [-0.39, 0.29) is 11.4 Å². The second-order valence-electron chi connectivity index (χ2n) is 4.84. The average Bonchev–Trinajstić information content (AvgIpc) is 2.60. The summed E-state index contributed by atoms with van der Waals surface area (Å²) in [6, 6.07) is 13.7. The lowest BCUT2D eigenvalue weighted by molar-refractivity contribution is 0.0690. The van der Waals surface area contributed by atoms with E-state index in [1.807, 2.05) is 12.1 Å². The molecule has 6 nitrogen and oxygen atoms in total. The third-order valence-electron chi connectivity index (χ3n) is 3.07. The fourth-order valence-corrected chi connectivity index (χ4v) is 1.88. The number of hydrogen-bond acceptors (Lipinski definition) is 5. The summed E-state index contributed by atoms with van der Waals surface area (Å²) in [7, 11) is 0. The van der Waals surface area contributed by atoms with Crippen LogP contribution < -0.4 is 4.74 Å². The van der Waals surface area contributed by atoms with Gasteiger partial charge in [-0.25, -0.2) is 9.78 Å². The van der Waals surface area contributed by atoms with E-state index in [1.165, 1.54) is 12.1 Å². The van der Waals surface area contributed by atoms with Crippen molar-refractivity contribution in [3.05, 3.63) is 58.9 Å². The molecule has 0 fully saturated rings. The third kappa shape index (κ3) is 4.19. The van der Waals surface area contributed by atoms with Gasteiger partial charge in [0.1, 0.15) is 23.6 Å². The number of ether oxygens (including phenoxy) is 1. The number of rotatable bonds is 5. The number of carbonyl (C=O) groups is 1. The normalized spacial score (nSPS) is 11.5. The van der Waals surface area contributed by atoms with Crippen molar-refractivity contribution in [2.45, 2.75) is 13.0 Å². The van der Waals surface area contributed by atoms with Crippen LogP contribution in [-0.2, 0) is 0 Å². The molecule has 1 aromatic carbocycles. The third-order valence-corrected chi connectivity index (χ3v) is 3.07. The molecule has 2 rings (SSSR count). The van der Waals surface area contributed by atoms with Gasteiger partial charge in [0.05, 0.1) is 11.3 Å². The van der Waals surface area contributed by atoms with Crippen LogP contribution in [0.4, 0.5) is 0 Å². The molecule has 24 heavy (non-hydrogen) atoms. The Bertz CT molecular complexity index is 859. The van der Waals surface area contributed by atoms with E-state index in [0.29, 0.717) is 11.3 Å². The molecule has 0 amide bonds. The molecule has 0 bridgehead atoms. The Hall–Kier alpha value is -3.64. The van der Waals surface area contributed by atoms with Crippen LogP contribution in [-0.4, -0.2) is 22.2 Å². The van der Waals surface area contributed by atoms with E-state index >= 15 is 0 Å². The first kappa shape index (κ1) is 16.7. The molecule has 0 spiro atoms. The fourth-order valence-electron chi connectivity index (χ4n) is 1.88. The molecule has 1 N–H and O–H groups in total. The number of pyridine rings is 1. The van der Waals surface area contributed by atoms with Gasteiger partial charge in [0.25, 0.3) is 0 Å². The van der Waals surface area contributed by atoms with Gasteiger partial charge in [-0.1, -0.05) is 18.2 Å². The van der Waals surface area contributed by atoms with Gasteiger partial charge >= 0.3 is 5.97 Å². The van der Waals surface area contributed by atoms with E-state index in [4.69, 9.17) is 20.4 Å². The second kappa shape index (κ2) is 7.57. The molecule has 118 valence electrons. The summed E-state index contributed by atoms with van der Waals surface area (Å²) in [6.07, 6.45) is 2.76. The zero-order valence-corrected chi connectivity index (χ0v) is 12.8. The molecule has 1 unspecified atom stereocenters. The van der Waals surface area contributed by atoms with Gasteiger partial charge in [-0.05, 0) is 42.8 Å². The van der Waals surface area contributed by atoms with Gasteiger partial charge in [0.15, 0.2) is 6.10 Å². The summed E-state index contributed by atoms with van der Waals surface area (Å²) in [6.45, 7) is 1.65. The topological polar surface area (TPSA) is 107 Å². The minimum atomic E-state index is -1.15. The van der Waals surface area contributed by atoms with E-state index in [2.05, 4.69) is 4.98 Å². The van der Waals surface area contributed by atoms with Gasteiger partial charge in [-0.3, -0.25) is 0 Å². The Morgan fingerprint density at radius 3 is 2.50 bits per heavy atom. The van der Waals surface area contributed by atoms with Crippen molar-refractivity contribution < 1.29 is 14.6 Å². The molecule has 1 heterocycles. The number of nitrogens with zero attached hydrogens (tertiary/aromatic N) is 3. The highest BCUT2D eigenvalue weighted by Crippen LogP contribution is 2.16.